The van der Waals surface area contributed by atoms with Gasteiger partial charge in [0.05, 0.1) is 19.2 Å². The molecule has 1 saturated heterocycles. The highest BCUT2D eigenvalue weighted by Crippen LogP contribution is 2.30. The molecule has 0 bridgehead atoms. The topological polar surface area (TPSA) is 72.6 Å². The monoisotopic (exact) mass is 359 g/mol. The van der Waals surface area contributed by atoms with Crippen molar-refractivity contribution in [2.24, 2.45) is 0 Å². The Balaban J connectivity index is 1.72. The number of fused-ring (bicyclic) bond motifs is 1. The number of benzene rings is 1. The van der Waals surface area contributed by atoms with Crippen LogP contribution in [0.1, 0.15) is 6.42 Å². The Morgan fingerprint density at radius 1 is 1.23 bits per heavy atom. The predicted molar refractivity (Wildman–Crippen MR) is 88.9 cm³/mol. The van der Waals surface area contributed by atoms with E-state index in [9.17, 15) is 13.6 Å². The second kappa shape index (κ2) is 6.01. The third-order valence-corrected chi connectivity index (χ3v) is 4.46. The van der Waals surface area contributed by atoms with E-state index in [0.29, 0.717) is 18.0 Å². The van der Waals surface area contributed by atoms with Gasteiger partial charge < -0.3 is 9.64 Å². The molecule has 7 nitrogen and oxygen atoms in total. The lowest BCUT2D eigenvalue weighted by molar-refractivity contribution is -0.153. The molecule has 0 aliphatic carbocycles. The van der Waals surface area contributed by atoms with Crippen molar-refractivity contribution in [1.29, 1.82) is 0 Å². The van der Waals surface area contributed by atoms with E-state index in [-0.39, 0.29) is 24.4 Å². The van der Waals surface area contributed by atoms with Crippen LogP contribution in [0.2, 0.25) is 0 Å². The van der Waals surface area contributed by atoms with Crippen LogP contribution in [0.4, 0.5) is 14.6 Å². The molecule has 4 rings (SSSR count). The number of alkyl halides is 1. The first-order chi connectivity index (χ1) is 12.5. The summed E-state index contributed by atoms with van der Waals surface area (Å²) in [6, 6.07) is 9.51. The molecule has 1 aliphatic rings. The summed E-state index contributed by atoms with van der Waals surface area (Å²) in [5, 5.41) is 12.4. The Morgan fingerprint density at radius 2 is 2.04 bits per heavy atom. The van der Waals surface area contributed by atoms with Crippen molar-refractivity contribution in [2.75, 3.05) is 25.1 Å². The van der Waals surface area contributed by atoms with Gasteiger partial charge in [-0.2, -0.15) is 4.52 Å². The summed E-state index contributed by atoms with van der Waals surface area (Å²) in [4.78, 5) is 13.3. The molecule has 1 atom stereocenters. The number of esters is 1. The van der Waals surface area contributed by atoms with Crippen molar-refractivity contribution in [1.82, 2.24) is 19.8 Å². The molecule has 1 aliphatic heterocycles. The molecule has 1 unspecified atom stereocenters. The highest BCUT2D eigenvalue weighted by Gasteiger charge is 2.46. The van der Waals surface area contributed by atoms with Gasteiger partial charge in [-0.05, 0) is 24.3 Å². The first kappa shape index (κ1) is 16.4. The summed E-state index contributed by atoms with van der Waals surface area (Å²) in [5.41, 5.74) is -1.36. The number of hydrogen-bond acceptors (Lipinski definition) is 6. The molecule has 3 aromatic rings. The van der Waals surface area contributed by atoms with E-state index in [0.717, 1.165) is 7.11 Å². The highest BCUT2D eigenvalue weighted by molar-refractivity contribution is 5.81. The van der Waals surface area contributed by atoms with Crippen molar-refractivity contribution in [2.45, 2.75) is 12.1 Å². The second-order valence-electron chi connectivity index (χ2n) is 6.09. The normalized spacial score (nSPS) is 19.9. The zero-order valence-electron chi connectivity index (χ0n) is 13.9. The summed E-state index contributed by atoms with van der Waals surface area (Å²) in [7, 11) is 1.16. The van der Waals surface area contributed by atoms with Gasteiger partial charge in [0.25, 0.3) is 0 Å². The molecule has 0 spiro atoms. The lowest BCUT2D eigenvalue weighted by Gasteiger charge is -2.19. The van der Waals surface area contributed by atoms with Gasteiger partial charge in [-0.1, -0.05) is 12.1 Å². The van der Waals surface area contributed by atoms with Gasteiger partial charge in [-0.3, -0.25) is 0 Å². The number of methoxy groups -OCH3 is 1. The summed E-state index contributed by atoms with van der Waals surface area (Å²) < 4.78 is 34.7. The average Bonchev–Trinajstić information content (AvgIpc) is 3.25. The van der Waals surface area contributed by atoms with Gasteiger partial charge in [0.2, 0.25) is 5.67 Å². The van der Waals surface area contributed by atoms with Crippen molar-refractivity contribution in [3.05, 3.63) is 42.2 Å². The number of anilines is 1. The number of nitrogens with zero attached hydrogens (tertiary/aromatic N) is 5. The van der Waals surface area contributed by atoms with Crippen LogP contribution in [-0.4, -0.2) is 51.6 Å². The zero-order chi connectivity index (χ0) is 18.3. The van der Waals surface area contributed by atoms with Gasteiger partial charge in [0.15, 0.2) is 11.5 Å². The van der Waals surface area contributed by atoms with Gasteiger partial charge >= 0.3 is 5.97 Å². The van der Waals surface area contributed by atoms with Gasteiger partial charge in [-0.25, -0.2) is 13.6 Å². The third kappa shape index (κ3) is 2.56. The van der Waals surface area contributed by atoms with Gasteiger partial charge in [-0.15, -0.1) is 15.3 Å². The van der Waals surface area contributed by atoms with Crippen molar-refractivity contribution in [3.8, 4) is 11.4 Å². The van der Waals surface area contributed by atoms with E-state index in [1.54, 1.807) is 35.2 Å². The molecule has 9 heteroatoms. The van der Waals surface area contributed by atoms with Crippen LogP contribution in [0.15, 0.2) is 36.4 Å². The lowest BCUT2D eigenvalue weighted by atomic mass is 10.1. The van der Waals surface area contributed by atoms with Crippen LogP contribution >= 0.6 is 0 Å². The Hall–Kier alpha value is -3.10. The molecular formula is C17H15F2N5O2. The average molecular weight is 359 g/mol. The minimum Gasteiger partial charge on any atom is -0.467 e. The van der Waals surface area contributed by atoms with Gasteiger partial charge in [0.1, 0.15) is 11.6 Å². The Bertz CT molecular complexity index is 992. The van der Waals surface area contributed by atoms with Crippen molar-refractivity contribution >= 4 is 17.4 Å². The molecule has 3 heterocycles. The van der Waals surface area contributed by atoms with Crippen molar-refractivity contribution < 1.29 is 18.3 Å². The molecule has 1 aromatic carbocycles. The van der Waals surface area contributed by atoms with E-state index in [4.69, 9.17) is 0 Å². The van der Waals surface area contributed by atoms with Gasteiger partial charge in [0, 0.05) is 13.0 Å². The van der Waals surface area contributed by atoms with Crippen LogP contribution in [0, 0.1) is 5.82 Å². The summed E-state index contributed by atoms with van der Waals surface area (Å²) in [5.74, 6) is -0.641. The van der Waals surface area contributed by atoms with Crippen LogP contribution in [0.5, 0.6) is 0 Å². The van der Waals surface area contributed by atoms with Crippen molar-refractivity contribution in [3.63, 3.8) is 0 Å². The number of carbonyl (C=O) groups is 1. The van der Waals surface area contributed by atoms with E-state index in [2.05, 4.69) is 20.0 Å². The first-order valence-corrected chi connectivity index (χ1v) is 8.01. The largest absolute Gasteiger partial charge is 0.467 e. The highest BCUT2D eigenvalue weighted by atomic mass is 19.1. The zero-order valence-corrected chi connectivity index (χ0v) is 13.9. The quantitative estimate of drug-likeness (QED) is 0.666. The first-order valence-electron chi connectivity index (χ1n) is 8.01. The number of rotatable bonds is 3. The fourth-order valence-electron chi connectivity index (χ4n) is 3.08. The second-order valence-corrected chi connectivity index (χ2v) is 6.09. The maximum atomic E-state index is 14.7. The molecule has 2 aromatic heterocycles. The van der Waals surface area contributed by atoms with E-state index in [1.165, 1.54) is 10.6 Å². The predicted octanol–water partition coefficient (Wildman–Crippen LogP) is 2.02. The Labute approximate surface area is 147 Å². The maximum absolute atomic E-state index is 14.7. The number of carbonyl (C=O) groups excluding carboxylic acids is 1. The summed E-state index contributed by atoms with van der Waals surface area (Å²) in [6.07, 6.45) is 0.0156. The van der Waals surface area contributed by atoms with E-state index < -0.39 is 17.5 Å². The van der Waals surface area contributed by atoms with E-state index >= 15 is 0 Å². The summed E-state index contributed by atoms with van der Waals surface area (Å²) >= 11 is 0. The minimum atomic E-state index is -2.06. The lowest BCUT2D eigenvalue weighted by Crippen LogP contribution is -2.38. The standard InChI is InChI=1S/C17H15F2N5O2/c1-26-16(25)17(19)8-9-23(10-17)14-7-6-13-20-21-15(24(13)22-14)11-4-2-3-5-12(11)18/h2-7H,8-10H2,1H3. The molecule has 0 N–H and O–H groups in total. The molecule has 134 valence electrons. The SMILES string of the molecule is COC(=O)C1(F)CCN(c2ccc3nnc(-c4ccccc4F)n3n2)C1. The maximum Gasteiger partial charge on any atom is 0.345 e. The Morgan fingerprint density at radius 3 is 2.81 bits per heavy atom. The minimum absolute atomic E-state index is 0.0156. The molecular weight excluding hydrogens is 344 g/mol. The van der Waals surface area contributed by atoms with Crippen LogP contribution in [0.25, 0.3) is 17.0 Å². The Kier molecular flexibility index (Phi) is 3.78. The molecule has 26 heavy (non-hydrogen) atoms. The molecule has 0 radical (unpaired) electrons. The third-order valence-electron chi connectivity index (χ3n) is 4.46. The molecule has 1 fully saturated rings. The number of ether oxygens (including phenoxy) is 1. The van der Waals surface area contributed by atoms with Crippen LogP contribution < -0.4 is 4.90 Å². The number of halogens is 2. The fraction of sp³-hybridized carbons (Fsp3) is 0.294. The van der Waals surface area contributed by atoms with E-state index in [1.807, 2.05) is 0 Å². The summed E-state index contributed by atoms with van der Waals surface area (Å²) in [6.45, 7) is 0.149. The molecule has 0 saturated carbocycles. The van der Waals surface area contributed by atoms with Crippen LogP contribution in [0.3, 0.4) is 0 Å². The fourth-order valence-corrected chi connectivity index (χ4v) is 3.08. The smallest absolute Gasteiger partial charge is 0.345 e. The van der Waals surface area contributed by atoms with Crippen LogP contribution in [-0.2, 0) is 9.53 Å². The number of aromatic nitrogens is 4. The molecule has 0 amide bonds. The number of hydrogen-bond donors (Lipinski definition) is 0.